The summed E-state index contributed by atoms with van der Waals surface area (Å²) in [5, 5.41) is 19.0. The Labute approximate surface area is 118 Å². The first-order chi connectivity index (χ1) is 9.43. The molecule has 3 atom stereocenters. The van der Waals surface area contributed by atoms with Crippen molar-refractivity contribution in [3.05, 3.63) is 0 Å². The summed E-state index contributed by atoms with van der Waals surface area (Å²) >= 11 is 0. The van der Waals surface area contributed by atoms with Crippen LogP contribution >= 0.6 is 0 Å². The number of carbonyl (C=O) groups excluding carboxylic acids is 1. The molecule has 1 fully saturated rings. The molecule has 0 aromatic rings. The number of amides is 1. The summed E-state index contributed by atoms with van der Waals surface area (Å²) in [6, 6.07) is -1.54. The first-order valence-corrected chi connectivity index (χ1v) is 5.92. The van der Waals surface area contributed by atoms with Crippen molar-refractivity contribution in [2.45, 2.75) is 37.9 Å². The third-order valence-electron chi connectivity index (χ3n) is 3.27. The molecule has 122 valence electrons. The molecule has 1 rings (SSSR count). The minimum absolute atomic E-state index is 0.468. The van der Waals surface area contributed by atoms with Gasteiger partial charge in [0, 0.05) is 0 Å². The molecule has 0 spiro atoms. The maximum absolute atomic E-state index is 12.9. The zero-order valence-corrected chi connectivity index (χ0v) is 11.5. The van der Waals surface area contributed by atoms with Crippen molar-refractivity contribution in [1.29, 1.82) is 0 Å². The highest BCUT2D eigenvalue weighted by molar-refractivity contribution is 5.74. The Morgan fingerprint density at radius 1 is 1.43 bits per heavy atom. The molecule has 1 heterocycles. The van der Waals surface area contributed by atoms with Crippen LogP contribution in [0.5, 0.6) is 0 Å². The number of halogens is 3. The second-order valence-corrected chi connectivity index (χ2v) is 5.01. The number of hydrogen-bond donors (Lipinski definition) is 2. The zero-order chi connectivity index (χ0) is 16.6. The summed E-state index contributed by atoms with van der Waals surface area (Å²) in [6.07, 6.45) is -8.98. The first-order valence-electron chi connectivity index (χ1n) is 5.92. The lowest BCUT2D eigenvalue weighted by Gasteiger charge is -2.35. The lowest BCUT2D eigenvalue weighted by atomic mass is 9.94. The van der Waals surface area contributed by atoms with E-state index < -0.39 is 48.6 Å². The molecule has 0 unspecified atom stereocenters. The number of alkyl halides is 3. The molecule has 0 saturated carbocycles. The van der Waals surface area contributed by atoms with Crippen LogP contribution in [-0.4, -0.2) is 64.9 Å². The van der Waals surface area contributed by atoms with Gasteiger partial charge in [-0.15, -0.1) is 0 Å². The fourth-order valence-electron chi connectivity index (χ4n) is 2.27. The van der Waals surface area contributed by atoms with Gasteiger partial charge in [0.1, 0.15) is 5.72 Å². The molecule has 1 saturated heterocycles. The standard InChI is InChI=1S/C11H16F3NO6/c1-10(2)15(9(18)19)5(4-21-10)7(16)6(8(17)20-3)11(12,13)14/h5-7,16H,4H2,1-3H3,(H,18,19)/t5-,6-,7+/m1/s1. The van der Waals surface area contributed by atoms with Gasteiger partial charge in [-0.1, -0.05) is 0 Å². The van der Waals surface area contributed by atoms with Gasteiger partial charge in [-0.3, -0.25) is 9.69 Å². The highest BCUT2D eigenvalue weighted by Gasteiger charge is 2.57. The number of carboxylic acid groups (broad SMARTS) is 1. The summed E-state index contributed by atoms with van der Waals surface area (Å²) in [5.74, 6) is -4.54. The van der Waals surface area contributed by atoms with Gasteiger partial charge >= 0.3 is 18.2 Å². The monoisotopic (exact) mass is 315 g/mol. The van der Waals surface area contributed by atoms with E-state index in [4.69, 9.17) is 9.84 Å². The van der Waals surface area contributed by atoms with E-state index in [9.17, 15) is 27.9 Å². The van der Waals surface area contributed by atoms with E-state index in [1.807, 2.05) is 0 Å². The Kier molecular flexibility index (Phi) is 4.73. The van der Waals surface area contributed by atoms with Crippen molar-refractivity contribution in [1.82, 2.24) is 4.90 Å². The van der Waals surface area contributed by atoms with Crippen LogP contribution in [0.2, 0.25) is 0 Å². The minimum Gasteiger partial charge on any atom is -0.468 e. The van der Waals surface area contributed by atoms with Crippen molar-refractivity contribution in [3.63, 3.8) is 0 Å². The Balaban J connectivity index is 3.12. The van der Waals surface area contributed by atoms with Crippen LogP contribution < -0.4 is 0 Å². The smallest absolute Gasteiger partial charge is 0.409 e. The van der Waals surface area contributed by atoms with Gasteiger partial charge in [-0.2, -0.15) is 13.2 Å². The number of esters is 1. The Bertz CT molecular complexity index is 425. The highest BCUT2D eigenvalue weighted by Crippen LogP contribution is 2.36. The normalized spacial score (nSPS) is 24.5. The second kappa shape index (κ2) is 5.68. The fourth-order valence-corrected chi connectivity index (χ4v) is 2.27. The van der Waals surface area contributed by atoms with Gasteiger partial charge in [-0.25, -0.2) is 4.79 Å². The highest BCUT2D eigenvalue weighted by atomic mass is 19.4. The summed E-state index contributed by atoms with van der Waals surface area (Å²) < 4.78 is 47.9. The molecule has 10 heteroatoms. The van der Waals surface area contributed by atoms with E-state index in [-0.39, 0.29) is 0 Å². The van der Waals surface area contributed by atoms with E-state index in [0.717, 1.165) is 7.11 Å². The van der Waals surface area contributed by atoms with E-state index >= 15 is 0 Å². The van der Waals surface area contributed by atoms with Gasteiger partial charge in [0.05, 0.1) is 25.9 Å². The van der Waals surface area contributed by atoms with Crippen LogP contribution in [0.3, 0.4) is 0 Å². The summed E-state index contributed by atoms with van der Waals surface area (Å²) in [6.45, 7) is 2.19. The molecule has 21 heavy (non-hydrogen) atoms. The number of hydrogen-bond acceptors (Lipinski definition) is 5. The molecule has 1 amide bonds. The molecule has 0 aliphatic carbocycles. The summed E-state index contributed by atoms with van der Waals surface area (Å²) in [4.78, 5) is 23.0. The first kappa shape index (κ1) is 17.5. The van der Waals surface area contributed by atoms with Crippen LogP contribution in [0.4, 0.5) is 18.0 Å². The van der Waals surface area contributed by atoms with Crippen LogP contribution in [0.25, 0.3) is 0 Å². The Hall–Kier alpha value is -1.55. The van der Waals surface area contributed by atoms with Gasteiger partial charge in [-0.05, 0) is 13.8 Å². The molecule has 7 nitrogen and oxygen atoms in total. The number of rotatable bonds is 3. The molecule has 0 aromatic carbocycles. The van der Waals surface area contributed by atoms with Crippen molar-refractivity contribution < 1.29 is 42.4 Å². The van der Waals surface area contributed by atoms with E-state index in [1.165, 1.54) is 13.8 Å². The number of methoxy groups -OCH3 is 1. The molecule has 1 aliphatic rings. The molecular weight excluding hydrogens is 299 g/mol. The molecule has 0 radical (unpaired) electrons. The molecule has 2 N–H and O–H groups in total. The average Bonchev–Trinajstić information content (AvgIpc) is 2.62. The third kappa shape index (κ3) is 3.38. The van der Waals surface area contributed by atoms with E-state index in [0.29, 0.717) is 4.90 Å². The Morgan fingerprint density at radius 2 is 1.95 bits per heavy atom. The predicted octanol–water partition coefficient (Wildman–Crippen LogP) is 0.814. The maximum atomic E-state index is 12.9. The van der Waals surface area contributed by atoms with Crippen molar-refractivity contribution in [2.24, 2.45) is 5.92 Å². The van der Waals surface area contributed by atoms with Crippen LogP contribution in [0.1, 0.15) is 13.8 Å². The molecule has 0 aromatic heterocycles. The number of carbonyl (C=O) groups is 2. The van der Waals surface area contributed by atoms with E-state index in [1.54, 1.807) is 0 Å². The van der Waals surface area contributed by atoms with Gasteiger partial charge in [0.25, 0.3) is 0 Å². The summed E-state index contributed by atoms with van der Waals surface area (Å²) in [7, 11) is 0.748. The van der Waals surface area contributed by atoms with Crippen molar-refractivity contribution in [3.8, 4) is 0 Å². The van der Waals surface area contributed by atoms with Gasteiger partial charge in [0.15, 0.2) is 5.92 Å². The van der Waals surface area contributed by atoms with Crippen molar-refractivity contribution in [2.75, 3.05) is 13.7 Å². The predicted molar refractivity (Wildman–Crippen MR) is 61.3 cm³/mol. The fraction of sp³-hybridized carbons (Fsp3) is 0.818. The average molecular weight is 315 g/mol. The van der Waals surface area contributed by atoms with Gasteiger partial charge in [0.2, 0.25) is 0 Å². The molecule has 0 bridgehead atoms. The van der Waals surface area contributed by atoms with Gasteiger partial charge < -0.3 is 19.7 Å². The topological polar surface area (TPSA) is 96.3 Å². The third-order valence-corrected chi connectivity index (χ3v) is 3.27. The maximum Gasteiger partial charge on any atom is 0.409 e. The number of nitrogens with zero attached hydrogens (tertiary/aromatic N) is 1. The molecule has 1 aliphatic heterocycles. The number of aliphatic hydroxyl groups excluding tert-OH is 1. The van der Waals surface area contributed by atoms with Crippen LogP contribution in [-0.2, 0) is 14.3 Å². The van der Waals surface area contributed by atoms with Crippen LogP contribution in [0.15, 0.2) is 0 Å². The lowest BCUT2D eigenvalue weighted by molar-refractivity contribution is -0.218. The van der Waals surface area contributed by atoms with E-state index in [2.05, 4.69) is 4.74 Å². The second-order valence-electron chi connectivity index (χ2n) is 5.01. The number of aliphatic hydroxyl groups is 1. The lowest BCUT2D eigenvalue weighted by Crippen LogP contribution is -2.56. The van der Waals surface area contributed by atoms with Crippen LogP contribution in [0, 0.1) is 5.92 Å². The van der Waals surface area contributed by atoms with Crippen molar-refractivity contribution >= 4 is 12.1 Å². The quantitative estimate of drug-likeness (QED) is 0.748. The SMILES string of the molecule is COC(=O)[C@@H]([C@@H](O)[C@H]1COC(C)(C)N1C(=O)O)C(F)(F)F. The number of ether oxygens (including phenoxy) is 2. The largest absolute Gasteiger partial charge is 0.468 e. The summed E-state index contributed by atoms with van der Waals surface area (Å²) in [5.41, 5.74) is -1.41. The zero-order valence-electron chi connectivity index (χ0n) is 11.5. The Morgan fingerprint density at radius 3 is 2.33 bits per heavy atom. The molecular formula is C11H16F3NO6. The minimum atomic E-state index is -5.08.